The Morgan fingerprint density at radius 3 is 2.69 bits per heavy atom. The number of halogens is 1. The lowest BCUT2D eigenvalue weighted by atomic mass is 9.94. The van der Waals surface area contributed by atoms with Gasteiger partial charge in [0, 0.05) is 5.56 Å². The highest BCUT2D eigenvalue weighted by molar-refractivity contribution is 5.26. The van der Waals surface area contributed by atoms with Gasteiger partial charge in [0.15, 0.2) is 0 Å². The second-order valence-corrected chi connectivity index (χ2v) is 4.62. The van der Waals surface area contributed by atoms with Crippen LogP contribution in [0, 0.1) is 18.7 Å². The Bertz CT molecular complexity index is 336. The fourth-order valence-electron chi connectivity index (χ4n) is 2.05. The molecule has 2 unspecified atom stereocenters. The molecule has 16 heavy (non-hydrogen) atoms. The molecule has 0 aliphatic rings. The summed E-state index contributed by atoms with van der Waals surface area (Å²) in [4.78, 5) is 0. The lowest BCUT2D eigenvalue weighted by molar-refractivity contribution is 0.141. The lowest BCUT2D eigenvalue weighted by Crippen LogP contribution is -2.07. The maximum absolute atomic E-state index is 13.7. The van der Waals surface area contributed by atoms with Gasteiger partial charge in [-0.25, -0.2) is 4.39 Å². The number of aliphatic hydroxyl groups excluding tert-OH is 1. The van der Waals surface area contributed by atoms with Gasteiger partial charge < -0.3 is 5.11 Å². The first kappa shape index (κ1) is 13.2. The lowest BCUT2D eigenvalue weighted by Gasteiger charge is -2.17. The smallest absolute Gasteiger partial charge is 0.131 e. The molecule has 0 aliphatic carbocycles. The van der Waals surface area contributed by atoms with E-state index in [0.29, 0.717) is 23.5 Å². The van der Waals surface area contributed by atoms with Gasteiger partial charge in [0.25, 0.3) is 0 Å². The third-order valence-electron chi connectivity index (χ3n) is 2.99. The number of aryl methyl sites for hydroxylation is 1. The molecule has 1 nitrogen and oxygen atoms in total. The third-order valence-corrected chi connectivity index (χ3v) is 2.99. The molecule has 0 saturated carbocycles. The highest BCUT2D eigenvalue weighted by atomic mass is 19.1. The zero-order valence-electron chi connectivity index (χ0n) is 10.3. The summed E-state index contributed by atoms with van der Waals surface area (Å²) in [6.07, 6.45) is 2.13. The van der Waals surface area contributed by atoms with Gasteiger partial charge in [0.05, 0.1) is 6.10 Å². The van der Waals surface area contributed by atoms with Crippen LogP contribution in [-0.4, -0.2) is 5.11 Å². The fourth-order valence-corrected chi connectivity index (χ4v) is 2.05. The summed E-state index contributed by atoms with van der Waals surface area (Å²) in [7, 11) is 0. The van der Waals surface area contributed by atoms with Gasteiger partial charge in [0.1, 0.15) is 5.82 Å². The molecule has 1 N–H and O–H groups in total. The molecule has 0 bridgehead atoms. The van der Waals surface area contributed by atoms with Gasteiger partial charge in [-0.15, -0.1) is 0 Å². The van der Waals surface area contributed by atoms with Crippen molar-refractivity contribution in [2.45, 2.75) is 46.1 Å². The topological polar surface area (TPSA) is 20.2 Å². The third kappa shape index (κ3) is 3.31. The van der Waals surface area contributed by atoms with Gasteiger partial charge in [-0.05, 0) is 24.8 Å². The molecule has 2 atom stereocenters. The highest BCUT2D eigenvalue weighted by Gasteiger charge is 2.16. The van der Waals surface area contributed by atoms with E-state index in [-0.39, 0.29) is 5.82 Å². The Balaban J connectivity index is 2.72. The van der Waals surface area contributed by atoms with Crippen molar-refractivity contribution in [3.63, 3.8) is 0 Å². The summed E-state index contributed by atoms with van der Waals surface area (Å²) >= 11 is 0. The Hall–Kier alpha value is -0.890. The molecule has 0 saturated heterocycles. The van der Waals surface area contributed by atoms with E-state index in [2.05, 4.69) is 13.8 Å². The molecule has 0 amide bonds. The summed E-state index contributed by atoms with van der Waals surface area (Å²) in [5.41, 5.74) is 1.03. The zero-order valence-corrected chi connectivity index (χ0v) is 10.3. The van der Waals surface area contributed by atoms with Crippen LogP contribution in [0.5, 0.6) is 0 Å². The van der Waals surface area contributed by atoms with E-state index in [4.69, 9.17) is 0 Å². The van der Waals surface area contributed by atoms with Crippen LogP contribution in [0.2, 0.25) is 0 Å². The first-order chi connectivity index (χ1) is 7.56. The molecule has 90 valence electrons. The summed E-state index contributed by atoms with van der Waals surface area (Å²) in [6.45, 7) is 5.94. The minimum Gasteiger partial charge on any atom is -0.388 e. The molecular formula is C14H21FO. The second-order valence-electron chi connectivity index (χ2n) is 4.62. The predicted molar refractivity (Wildman–Crippen MR) is 64.8 cm³/mol. The largest absolute Gasteiger partial charge is 0.388 e. The molecule has 0 spiro atoms. The SMILES string of the molecule is CCCC(C)CC(O)c1cccc(C)c1F. The van der Waals surface area contributed by atoms with E-state index < -0.39 is 6.10 Å². The van der Waals surface area contributed by atoms with Crippen molar-refractivity contribution in [1.29, 1.82) is 0 Å². The molecular weight excluding hydrogens is 203 g/mol. The molecule has 0 radical (unpaired) electrons. The molecule has 0 fully saturated rings. The van der Waals surface area contributed by atoms with Crippen molar-refractivity contribution in [2.75, 3.05) is 0 Å². The van der Waals surface area contributed by atoms with Gasteiger partial charge in [-0.2, -0.15) is 0 Å². The Labute approximate surface area is 97.3 Å². The van der Waals surface area contributed by atoms with Crippen LogP contribution in [0.15, 0.2) is 18.2 Å². The maximum atomic E-state index is 13.7. The van der Waals surface area contributed by atoms with E-state index in [1.807, 2.05) is 0 Å². The van der Waals surface area contributed by atoms with E-state index >= 15 is 0 Å². The summed E-state index contributed by atoms with van der Waals surface area (Å²) < 4.78 is 13.7. The van der Waals surface area contributed by atoms with E-state index in [0.717, 1.165) is 12.8 Å². The average Bonchev–Trinajstić information content (AvgIpc) is 2.22. The molecule has 0 aromatic heterocycles. The van der Waals surface area contributed by atoms with E-state index in [9.17, 15) is 9.50 Å². The molecule has 1 rings (SSSR count). The van der Waals surface area contributed by atoms with Crippen LogP contribution in [-0.2, 0) is 0 Å². The van der Waals surface area contributed by atoms with Crippen molar-refractivity contribution in [3.8, 4) is 0 Å². The monoisotopic (exact) mass is 224 g/mol. The van der Waals surface area contributed by atoms with Gasteiger partial charge in [0.2, 0.25) is 0 Å². The van der Waals surface area contributed by atoms with Crippen molar-refractivity contribution in [1.82, 2.24) is 0 Å². The molecule has 1 aromatic rings. The number of hydrogen-bond donors (Lipinski definition) is 1. The number of hydrogen-bond acceptors (Lipinski definition) is 1. The number of aliphatic hydroxyl groups is 1. The van der Waals surface area contributed by atoms with Crippen molar-refractivity contribution < 1.29 is 9.50 Å². The molecule has 2 heteroatoms. The standard InChI is InChI=1S/C14H21FO/c1-4-6-10(2)9-13(16)12-8-5-7-11(3)14(12)15/h5,7-8,10,13,16H,4,6,9H2,1-3H3. The summed E-state index contributed by atoms with van der Waals surface area (Å²) in [5, 5.41) is 9.98. The van der Waals surface area contributed by atoms with E-state index in [1.54, 1.807) is 25.1 Å². The first-order valence-corrected chi connectivity index (χ1v) is 5.99. The number of rotatable bonds is 5. The molecule has 0 heterocycles. The minimum atomic E-state index is -0.679. The Morgan fingerprint density at radius 2 is 2.06 bits per heavy atom. The fraction of sp³-hybridized carbons (Fsp3) is 0.571. The van der Waals surface area contributed by atoms with Crippen LogP contribution in [0.4, 0.5) is 4.39 Å². The average molecular weight is 224 g/mol. The van der Waals surface area contributed by atoms with Crippen LogP contribution >= 0.6 is 0 Å². The zero-order chi connectivity index (χ0) is 12.1. The summed E-state index contributed by atoms with van der Waals surface area (Å²) in [6, 6.07) is 5.19. The summed E-state index contributed by atoms with van der Waals surface area (Å²) in [5.74, 6) is 0.165. The van der Waals surface area contributed by atoms with Gasteiger partial charge in [-0.3, -0.25) is 0 Å². The predicted octanol–water partition coefficient (Wildman–Crippen LogP) is 3.99. The quantitative estimate of drug-likeness (QED) is 0.801. The number of benzene rings is 1. The van der Waals surface area contributed by atoms with Crippen molar-refractivity contribution in [3.05, 3.63) is 35.1 Å². The van der Waals surface area contributed by atoms with Crippen molar-refractivity contribution in [2.24, 2.45) is 5.92 Å². The van der Waals surface area contributed by atoms with Crippen LogP contribution in [0.1, 0.15) is 50.3 Å². The van der Waals surface area contributed by atoms with E-state index in [1.165, 1.54) is 0 Å². The van der Waals surface area contributed by atoms with Gasteiger partial charge >= 0.3 is 0 Å². The van der Waals surface area contributed by atoms with Crippen LogP contribution < -0.4 is 0 Å². The molecule has 1 aromatic carbocycles. The second kappa shape index (κ2) is 6.00. The minimum absolute atomic E-state index is 0.265. The normalized spacial score (nSPS) is 14.8. The van der Waals surface area contributed by atoms with Crippen molar-refractivity contribution >= 4 is 0 Å². The van der Waals surface area contributed by atoms with Gasteiger partial charge in [-0.1, -0.05) is 44.9 Å². The van der Waals surface area contributed by atoms with Crippen LogP contribution in [0.3, 0.4) is 0 Å². The highest BCUT2D eigenvalue weighted by Crippen LogP contribution is 2.26. The first-order valence-electron chi connectivity index (χ1n) is 5.99. The molecule has 0 aliphatic heterocycles. The Morgan fingerprint density at radius 1 is 1.38 bits per heavy atom. The van der Waals surface area contributed by atoms with Crippen LogP contribution in [0.25, 0.3) is 0 Å². The maximum Gasteiger partial charge on any atom is 0.131 e. The Kier molecular flexibility index (Phi) is 4.94.